The molecular weight excluding hydrogens is 292 g/mol. The quantitative estimate of drug-likeness (QED) is 0.815. The summed E-state index contributed by atoms with van der Waals surface area (Å²) in [5, 5.41) is 4.19. The van der Waals surface area contributed by atoms with Crippen LogP contribution in [-0.4, -0.2) is 22.5 Å². The lowest BCUT2D eigenvalue weighted by Crippen LogP contribution is -2.14. The van der Waals surface area contributed by atoms with Crippen LogP contribution in [0.4, 0.5) is 0 Å². The second-order valence-corrected chi connectivity index (χ2v) is 6.93. The lowest BCUT2D eigenvalue weighted by atomic mass is 10.1. The van der Waals surface area contributed by atoms with E-state index in [9.17, 15) is 4.79 Å². The molecule has 4 nitrogen and oxygen atoms in total. The molecule has 0 fully saturated rings. The Morgan fingerprint density at radius 1 is 1.45 bits per heavy atom. The van der Waals surface area contributed by atoms with Crippen molar-refractivity contribution < 1.29 is 9.53 Å². The van der Waals surface area contributed by atoms with Crippen LogP contribution in [0.1, 0.15) is 45.5 Å². The van der Waals surface area contributed by atoms with Crippen molar-refractivity contribution in [1.82, 2.24) is 9.97 Å². The molecule has 106 valence electrons. The summed E-state index contributed by atoms with van der Waals surface area (Å²) in [5.41, 5.74) is 2.00. The fourth-order valence-corrected chi connectivity index (χ4v) is 4.46. The van der Waals surface area contributed by atoms with E-state index in [2.05, 4.69) is 15.3 Å². The van der Waals surface area contributed by atoms with Crippen molar-refractivity contribution in [2.24, 2.45) is 0 Å². The topological polar surface area (TPSA) is 52.1 Å². The SMILES string of the molecule is CCOC(=O)C1CCc2sc(Cc3nc(C)cs3)nc21. The lowest BCUT2D eigenvalue weighted by Gasteiger charge is -2.07. The van der Waals surface area contributed by atoms with Gasteiger partial charge >= 0.3 is 5.97 Å². The molecule has 1 atom stereocenters. The summed E-state index contributed by atoms with van der Waals surface area (Å²) >= 11 is 3.38. The summed E-state index contributed by atoms with van der Waals surface area (Å²) in [4.78, 5) is 22.3. The summed E-state index contributed by atoms with van der Waals surface area (Å²) in [7, 11) is 0. The number of aryl methyl sites for hydroxylation is 2. The largest absolute Gasteiger partial charge is 0.465 e. The minimum absolute atomic E-state index is 0.131. The van der Waals surface area contributed by atoms with Crippen molar-refractivity contribution in [1.29, 1.82) is 0 Å². The van der Waals surface area contributed by atoms with Crippen LogP contribution in [0.3, 0.4) is 0 Å². The molecule has 3 rings (SSSR count). The van der Waals surface area contributed by atoms with E-state index in [1.54, 1.807) is 22.7 Å². The predicted molar refractivity (Wildman–Crippen MR) is 79.5 cm³/mol. The van der Waals surface area contributed by atoms with Gasteiger partial charge < -0.3 is 4.74 Å². The number of carbonyl (C=O) groups is 1. The molecule has 0 spiro atoms. The highest BCUT2D eigenvalue weighted by Crippen LogP contribution is 2.37. The van der Waals surface area contributed by atoms with E-state index < -0.39 is 0 Å². The molecule has 1 aliphatic rings. The number of nitrogens with zero attached hydrogens (tertiary/aromatic N) is 2. The molecule has 0 aromatic carbocycles. The summed E-state index contributed by atoms with van der Waals surface area (Å²) in [5.74, 6) is -0.291. The van der Waals surface area contributed by atoms with Gasteiger partial charge in [-0.3, -0.25) is 4.79 Å². The standard InChI is InChI=1S/C14H16N2O2S2/c1-3-18-14(17)9-4-5-10-13(9)16-12(20-10)6-11-15-8(2)7-19-11/h7,9H,3-6H2,1-2H3. The monoisotopic (exact) mass is 308 g/mol. The Balaban J connectivity index is 1.77. The van der Waals surface area contributed by atoms with Gasteiger partial charge in [-0.25, -0.2) is 9.97 Å². The summed E-state index contributed by atoms with van der Waals surface area (Å²) in [6.07, 6.45) is 2.54. The Hall–Kier alpha value is -1.27. The fraction of sp³-hybridized carbons (Fsp3) is 0.500. The molecule has 0 N–H and O–H groups in total. The van der Waals surface area contributed by atoms with Crippen LogP contribution < -0.4 is 0 Å². The Labute approximate surface area is 125 Å². The minimum atomic E-state index is -0.159. The molecule has 0 saturated heterocycles. The van der Waals surface area contributed by atoms with Crippen molar-refractivity contribution in [3.8, 4) is 0 Å². The molecule has 6 heteroatoms. The third kappa shape index (κ3) is 2.62. The maximum absolute atomic E-state index is 11.9. The third-order valence-corrected chi connectivity index (χ3v) is 5.40. The zero-order valence-electron chi connectivity index (χ0n) is 11.5. The second-order valence-electron chi connectivity index (χ2n) is 4.82. The third-order valence-electron chi connectivity index (χ3n) is 3.30. The van der Waals surface area contributed by atoms with Gasteiger partial charge in [0.05, 0.1) is 28.7 Å². The van der Waals surface area contributed by atoms with Crippen LogP contribution in [0.25, 0.3) is 0 Å². The zero-order valence-corrected chi connectivity index (χ0v) is 13.1. The molecule has 0 saturated carbocycles. The first-order valence-corrected chi connectivity index (χ1v) is 8.43. The number of hydrogen-bond donors (Lipinski definition) is 0. The number of thiazole rings is 2. The molecule has 2 aromatic rings. The number of fused-ring (bicyclic) bond motifs is 1. The molecule has 0 bridgehead atoms. The molecule has 2 heterocycles. The van der Waals surface area contributed by atoms with Gasteiger partial charge in [-0.2, -0.15) is 0 Å². The van der Waals surface area contributed by atoms with E-state index in [1.165, 1.54) is 4.88 Å². The number of esters is 1. The Kier molecular flexibility index (Phi) is 3.85. The number of rotatable bonds is 4. The van der Waals surface area contributed by atoms with Crippen molar-refractivity contribution >= 4 is 28.6 Å². The van der Waals surface area contributed by atoms with Crippen LogP contribution in [0.5, 0.6) is 0 Å². The van der Waals surface area contributed by atoms with Gasteiger partial charge in [-0.1, -0.05) is 0 Å². The molecule has 1 unspecified atom stereocenters. The van der Waals surface area contributed by atoms with Crippen LogP contribution in [0.15, 0.2) is 5.38 Å². The van der Waals surface area contributed by atoms with Gasteiger partial charge in [0.2, 0.25) is 0 Å². The minimum Gasteiger partial charge on any atom is -0.465 e. The van der Waals surface area contributed by atoms with Gasteiger partial charge in [0, 0.05) is 16.0 Å². The Morgan fingerprint density at radius 3 is 3.00 bits per heavy atom. The van der Waals surface area contributed by atoms with Crippen LogP contribution in [0, 0.1) is 6.92 Å². The first-order valence-electron chi connectivity index (χ1n) is 6.73. The van der Waals surface area contributed by atoms with E-state index in [0.717, 1.165) is 40.7 Å². The Bertz CT molecular complexity index is 633. The average molecular weight is 308 g/mol. The van der Waals surface area contributed by atoms with E-state index >= 15 is 0 Å². The number of carbonyl (C=O) groups excluding carboxylic acids is 1. The first-order chi connectivity index (χ1) is 9.67. The molecule has 2 aromatic heterocycles. The van der Waals surface area contributed by atoms with Crippen LogP contribution >= 0.6 is 22.7 Å². The van der Waals surface area contributed by atoms with Gasteiger partial charge in [-0.15, -0.1) is 22.7 Å². The van der Waals surface area contributed by atoms with Gasteiger partial charge in [-0.05, 0) is 26.7 Å². The fourth-order valence-electron chi connectivity index (χ4n) is 2.44. The molecular formula is C14H16N2O2S2. The van der Waals surface area contributed by atoms with Crippen molar-refractivity contribution in [3.63, 3.8) is 0 Å². The Morgan fingerprint density at radius 2 is 2.30 bits per heavy atom. The number of aromatic nitrogens is 2. The number of ether oxygens (including phenoxy) is 1. The highest BCUT2D eigenvalue weighted by Gasteiger charge is 2.33. The first kappa shape index (κ1) is 13.7. The van der Waals surface area contributed by atoms with Gasteiger partial charge in [0.15, 0.2) is 0 Å². The smallest absolute Gasteiger partial charge is 0.315 e. The van der Waals surface area contributed by atoms with E-state index in [0.29, 0.717) is 6.61 Å². The van der Waals surface area contributed by atoms with E-state index in [4.69, 9.17) is 4.74 Å². The normalized spacial score (nSPS) is 17.2. The van der Waals surface area contributed by atoms with Gasteiger partial charge in [0.25, 0.3) is 0 Å². The molecule has 0 amide bonds. The van der Waals surface area contributed by atoms with Crippen molar-refractivity contribution in [2.75, 3.05) is 6.61 Å². The predicted octanol–water partition coefficient (Wildman–Crippen LogP) is 3.09. The van der Waals surface area contributed by atoms with Crippen molar-refractivity contribution in [2.45, 2.75) is 39.0 Å². The lowest BCUT2D eigenvalue weighted by molar-refractivity contribution is -0.145. The van der Waals surface area contributed by atoms with Crippen LogP contribution in [-0.2, 0) is 22.4 Å². The van der Waals surface area contributed by atoms with Crippen molar-refractivity contribution in [3.05, 3.63) is 31.7 Å². The maximum Gasteiger partial charge on any atom is 0.315 e. The zero-order chi connectivity index (χ0) is 14.1. The van der Waals surface area contributed by atoms with E-state index in [1.807, 2.05) is 13.8 Å². The molecule has 0 aliphatic heterocycles. The molecule has 1 aliphatic carbocycles. The second kappa shape index (κ2) is 5.61. The van der Waals surface area contributed by atoms with Gasteiger partial charge in [0.1, 0.15) is 5.92 Å². The summed E-state index contributed by atoms with van der Waals surface area (Å²) in [6.45, 7) is 4.27. The average Bonchev–Trinajstić information content (AvgIpc) is 3.05. The van der Waals surface area contributed by atoms with E-state index in [-0.39, 0.29) is 11.9 Å². The molecule has 0 radical (unpaired) electrons. The molecule has 20 heavy (non-hydrogen) atoms. The highest BCUT2D eigenvalue weighted by atomic mass is 32.1. The summed E-state index contributed by atoms with van der Waals surface area (Å²) < 4.78 is 5.13. The summed E-state index contributed by atoms with van der Waals surface area (Å²) in [6, 6.07) is 0. The maximum atomic E-state index is 11.9. The van der Waals surface area contributed by atoms with Crippen LogP contribution in [0.2, 0.25) is 0 Å². The number of hydrogen-bond acceptors (Lipinski definition) is 6. The highest BCUT2D eigenvalue weighted by molar-refractivity contribution is 7.12.